The van der Waals surface area contributed by atoms with E-state index in [9.17, 15) is 0 Å². The number of hydrogen-bond acceptors (Lipinski definition) is 4. The molecule has 0 radical (unpaired) electrons. The predicted molar refractivity (Wildman–Crippen MR) is 51.4 cm³/mol. The van der Waals surface area contributed by atoms with Crippen molar-refractivity contribution in [3.63, 3.8) is 0 Å². The number of hydrogen-bond donors (Lipinski definition) is 2. The summed E-state index contributed by atoms with van der Waals surface area (Å²) in [4.78, 5) is 3.84. The van der Waals surface area contributed by atoms with Gasteiger partial charge in [0.15, 0.2) is 0 Å². The monoisotopic (exact) mass is 167 g/mol. The predicted octanol–water partition coefficient (Wildman–Crippen LogP) is 0.106. The highest BCUT2D eigenvalue weighted by molar-refractivity contribution is 6.05. The Kier molecular flexibility index (Phi) is 6.78. The first kappa shape index (κ1) is 10.6. The van der Waals surface area contributed by atoms with Gasteiger partial charge in [0.25, 0.3) is 0 Å². The molecule has 12 heavy (non-hydrogen) atoms. The Balaban J connectivity index is 3.82. The van der Waals surface area contributed by atoms with Gasteiger partial charge >= 0.3 is 0 Å². The molecule has 0 amide bonds. The van der Waals surface area contributed by atoms with E-state index in [0.717, 1.165) is 0 Å². The molecule has 0 aromatic rings. The van der Waals surface area contributed by atoms with Gasteiger partial charge in [-0.1, -0.05) is 6.58 Å². The summed E-state index contributed by atoms with van der Waals surface area (Å²) in [5.41, 5.74) is 0.588. The van der Waals surface area contributed by atoms with Gasteiger partial charge in [-0.15, -0.1) is 0 Å². The maximum absolute atomic E-state index is 8.37. The zero-order valence-electron chi connectivity index (χ0n) is 6.85. The van der Waals surface area contributed by atoms with Crippen molar-refractivity contribution in [2.45, 2.75) is 0 Å². The third-order valence-corrected chi connectivity index (χ3v) is 1.05. The molecule has 0 heterocycles. The second-order valence-corrected chi connectivity index (χ2v) is 1.90. The average Bonchev–Trinajstić information content (AvgIpc) is 2.11. The van der Waals surface area contributed by atoms with E-state index in [2.05, 4.69) is 16.7 Å². The normalized spacial score (nSPS) is 12.9. The van der Waals surface area contributed by atoms with E-state index >= 15 is 0 Å². The van der Waals surface area contributed by atoms with Gasteiger partial charge in [-0.05, 0) is 18.2 Å². The van der Waals surface area contributed by atoms with E-state index in [-0.39, 0.29) is 6.61 Å². The molecule has 0 saturated heterocycles. The van der Waals surface area contributed by atoms with Crippen molar-refractivity contribution in [2.75, 3.05) is 13.2 Å². The van der Waals surface area contributed by atoms with Crippen LogP contribution in [0.3, 0.4) is 0 Å². The van der Waals surface area contributed by atoms with E-state index in [1.165, 1.54) is 6.08 Å². The van der Waals surface area contributed by atoms with Gasteiger partial charge in [0.1, 0.15) is 0 Å². The minimum absolute atomic E-state index is 0.0592. The Bertz CT molecular complexity index is 206. The molecule has 66 valence electrons. The minimum atomic E-state index is 0.0592. The number of aliphatic hydroxyl groups is 1. The summed E-state index contributed by atoms with van der Waals surface area (Å²) >= 11 is 0. The van der Waals surface area contributed by atoms with E-state index in [0.29, 0.717) is 12.3 Å². The molecule has 0 aliphatic heterocycles. The van der Waals surface area contributed by atoms with Gasteiger partial charge in [0.05, 0.1) is 18.9 Å². The SMILES string of the molecule is C=CC(C=CC=NCCO)=NN. The lowest BCUT2D eigenvalue weighted by molar-refractivity contribution is 0.307. The van der Waals surface area contributed by atoms with Crippen LogP contribution in [0.5, 0.6) is 0 Å². The molecule has 0 fully saturated rings. The molecule has 0 rings (SSSR count). The summed E-state index contributed by atoms with van der Waals surface area (Å²) in [6.45, 7) is 3.97. The van der Waals surface area contributed by atoms with Crippen LogP contribution in [-0.2, 0) is 0 Å². The molecule has 0 atom stereocenters. The van der Waals surface area contributed by atoms with E-state index in [1.54, 1.807) is 18.4 Å². The summed E-state index contributed by atoms with van der Waals surface area (Å²) in [5, 5.41) is 11.8. The molecule has 0 saturated carbocycles. The molecule has 0 unspecified atom stereocenters. The fraction of sp³-hybridized carbons (Fsp3) is 0.250. The third kappa shape index (κ3) is 5.37. The number of allylic oxidation sites excluding steroid dienone is 3. The van der Waals surface area contributed by atoms with Crippen molar-refractivity contribution in [3.05, 3.63) is 24.8 Å². The van der Waals surface area contributed by atoms with Gasteiger partial charge in [0, 0.05) is 6.21 Å². The summed E-state index contributed by atoms with van der Waals surface area (Å²) < 4.78 is 0. The maximum atomic E-state index is 8.37. The summed E-state index contributed by atoms with van der Waals surface area (Å²) in [5.74, 6) is 5.01. The van der Waals surface area contributed by atoms with Crippen LogP contribution in [0, 0.1) is 0 Å². The standard InChI is InChI=1S/C8H13N3O/c1-2-8(11-9)4-3-5-10-6-7-12/h2-5,12H,1,6-7,9H2. The second kappa shape index (κ2) is 7.68. The molecular formula is C8H13N3O. The van der Waals surface area contributed by atoms with Gasteiger partial charge < -0.3 is 10.9 Å². The zero-order valence-corrected chi connectivity index (χ0v) is 6.85. The summed E-state index contributed by atoms with van der Waals surface area (Å²) in [7, 11) is 0. The van der Waals surface area contributed by atoms with Crippen LogP contribution >= 0.6 is 0 Å². The molecule has 0 spiro atoms. The van der Waals surface area contributed by atoms with Crippen LogP contribution in [0.4, 0.5) is 0 Å². The first-order valence-electron chi connectivity index (χ1n) is 3.52. The maximum Gasteiger partial charge on any atom is 0.0821 e. The lowest BCUT2D eigenvalue weighted by atomic mass is 10.3. The third-order valence-electron chi connectivity index (χ3n) is 1.05. The van der Waals surface area contributed by atoms with E-state index in [4.69, 9.17) is 10.9 Å². The Morgan fingerprint density at radius 1 is 1.58 bits per heavy atom. The summed E-state index contributed by atoms with van der Waals surface area (Å²) in [6.07, 6.45) is 6.47. The molecule has 0 bridgehead atoms. The highest BCUT2D eigenvalue weighted by Crippen LogP contribution is 1.79. The number of hydrazone groups is 1. The number of nitrogens with two attached hydrogens (primary N) is 1. The van der Waals surface area contributed by atoms with Gasteiger partial charge in [-0.2, -0.15) is 5.10 Å². The topological polar surface area (TPSA) is 71.0 Å². The van der Waals surface area contributed by atoms with Gasteiger partial charge in [-0.3, -0.25) is 4.99 Å². The van der Waals surface area contributed by atoms with Crippen molar-refractivity contribution in [2.24, 2.45) is 15.9 Å². The van der Waals surface area contributed by atoms with E-state index < -0.39 is 0 Å². The Morgan fingerprint density at radius 3 is 2.83 bits per heavy atom. The average molecular weight is 167 g/mol. The Hall–Kier alpha value is -1.42. The molecule has 3 N–H and O–H groups in total. The smallest absolute Gasteiger partial charge is 0.0821 e. The van der Waals surface area contributed by atoms with Gasteiger partial charge in [-0.25, -0.2) is 0 Å². The summed E-state index contributed by atoms with van der Waals surface area (Å²) in [6, 6.07) is 0. The molecule has 4 heteroatoms. The molecule has 0 aliphatic rings. The Morgan fingerprint density at radius 2 is 2.33 bits per heavy atom. The highest BCUT2D eigenvalue weighted by Gasteiger charge is 1.80. The van der Waals surface area contributed by atoms with Crippen molar-refractivity contribution in [3.8, 4) is 0 Å². The molecule has 0 aliphatic carbocycles. The van der Waals surface area contributed by atoms with Crippen LogP contribution < -0.4 is 5.84 Å². The number of nitrogens with zero attached hydrogens (tertiary/aromatic N) is 2. The van der Waals surface area contributed by atoms with Crippen molar-refractivity contribution >= 4 is 11.9 Å². The molecule has 4 nitrogen and oxygen atoms in total. The number of rotatable bonds is 5. The minimum Gasteiger partial charge on any atom is -0.394 e. The van der Waals surface area contributed by atoms with Crippen molar-refractivity contribution in [1.82, 2.24) is 0 Å². The van der Waals surface area contributed by atoms with Crippen LogP contribution in [0.25, 0.3) is 0 Å². The largest absolute Gasteiger partial charge is 0.394 e. The number of aliphatic hydroxyl groups excluding tert-OH is 1. The molecule has 0 aromatic carbocycles. The number of aliphatic imine (C=N–C) groups is 1. The molecular weight excluding hydrogens is 154 g/mol. The lowest BCUT2D eigenvalue weighted by Crippen LogP contribution is -1.92. The van der Waals surface area contributed by atoms with Crippen LogP contribution in [0.2, 0.25) is 0 Å². The van der Waals surface area contributed by atoms with Gasteiger partial charge in [0.2, 0.25) is 0 Å². The fourth-order valence-corrected chi connectivity index (χ4v) is 0.499. The first-order chi connectivity index (χ1) is 5.85. The van der Waals surface area contributed by atoms with Crippen LogP contribution in [0.1, 0.15) is 0 Å². The Labute approximate surface area is 71.8 Å². The highest BCUT2D eigenvalue weighted by atomic mass is 16.3. The van der Waals surface area contributed by atoms with Crippen molar-refractivity contribution in [1.29, 1.82) is 0 Å². The van der Waals surface area contributed by atoms with E-state index in [1.807, 2.05) is 0 Å². The quantitative estimate of drug-likeness (QED) is 0.346. The van der Waals surface area contributed by atoms with Crippen LogP contribution in [0.15, 0.2) is 34.9 Å². The second-order valence-electron chi connectivity index (χ2n) is 1.90. The fourth-order valence-electron chi connectivity index (χ4n) is 0.499. The zero-order chi connectivity index (χ0) is 9.23. The van der Waals surface area contributed by atoms with Crippen LogP contribution in [-0.4, -0.2) is 30.2 Å². The molecule has 0 aromatic heterocycles. The van der Waals surface area contributed by atoms with Crippen molar-refractivity contribution < 1.29 is 5.11 Å². The lowest BCUT2D eigenvalue weighted by Gasteiger charge is -1.85. The first-order valence-corrected chi connectivity index (χ1v) is 3.52.